The molecule has 0 aliphatic heterocycles. The topological polar surface area (TPSA) is 106 Å². The third kappa shape index (κ3) is 5.04. The van der Waals surface area contributed by atoms with Crippen LogP contribution >= 0.6 is 0 Å². The minimum Gasteiger partial charge on any atom is -0.493 e. The van der Waals surface area contributed by atoms with Crippen LogP contribution < -0.4 is 19.6 Å². The first-order valence-corrected chi connectivity index (χ1v) is 8.84. The first kappa shape index (κ1) is 21.7. The van der Waals surface area contributed by atoms with Gasteiger partial charge < -0.3 is 19.3 Å². The van der Waals surface area contributed by atoms with E-state index >= 15 is 0 Å². The van der Waals surface area contributed by atoms with Crippen LogP contribution in [0, 0.1) is 13.8 Å². The van der Waals surface area contributed by atoms with E-state index in [0.717, 1.165) is 11.1 Å². The molecule has 0 aliphatic carbocycles. The Morgan fingerprint density at radius 2 is 1.83 bits per heavy atom. The zero-order chi connectivity index (χ0) is 21.6. The molecule has 29 heavy (non-hydrogen) atoms. The van der Waals surface area contributed by atoms with E-state index in [0.29, 0.717) is 5.75 Å². The lowest BCUT2D eigenvalue weighted by Crippen LogP contribution is -2.33. The Labute approximate surface area is 169 Å². The number of aryl methyl sites for hydroxylation is 1. The van der Waals surface area contributed by atoms with E-state index < -0.39 is 18.0 Å². The lowest BCUT2D eigenvalue weighted by atomic mass is 10.1. The van der Waals surface area contributed by atoms with Crippen LogP contribution in [-0.2, 0) is 4.79 Å². The van der Waals surface area contributed by atoms with Gasteiger partial charge in [0.25, 0.3) is 5.91 Å². The lowest BCUT2D eigenvalue weighted by molar-refractivity contribution is -0.127. The van der Waals surface area contributed by atoms with E-state index in [1.165, 1.54) is 26.5 Å². The van der Waals surface area contributed by atoms with Gasteiger partial charge in [-0.05, 0) is 50.1 Å². The first-order valence-electron chi connectivity index (χ1n) is 8.84. The highest BCUT2D eigenvalue weighted by Crippen LogP contribution is 2.32. The second kappa shape index (κ2) is 9.59. The molecule has 2 aromatic rings. The monoisotopic (exact) mass is 400 g/mol. The van der Waals surface area contributed by atoms with Crippen molar-refractivity contribution in [1.82, 2.24) is 5.43 Å². The lowest BCUT2D eigenvalue weighted by Gasteiger charge is -2.16. The van der Waals surface area contributed by atoms with Crippen LogP contribution in [0.4, 0.5) is 0 Å². The minimum atomic E-state index is -1.21. The predicted molar refractivity (Wildman–Crippen MR) is 108 cm³/mol. The molecule has 1 amide bonds. The third-order valence-corrected chi connectivity index (χ3v) is 4.40. The Morgan fingerprint density at radius 3 is 2.45 bits per heavy atom. The van der Waals surface area contributed by atoms with Crippen LogP contribution in [-0.4, -0.2) is 43.5 Å². The molecular weight excluding hydrogens is 376 g/mol. The maximum atomic E-state index is 12.3. The van der Waals surface area contributed by atoms with Crippen LogP contribution in [0.1, 0.15) is 34.0 Å². The molecule has 0 saturated carbocycles. The second-order valence-electron chi connectivity index (χ2n) is 6.26. The predicted octanol–water partition coefficient (Wildman–Crippen LogP) is 2.94. The number of hydrogen-bond donors (Lipinski definition) is 2. The minimum absolute atomic E-state index is 0.0712. The number of amides is 1. The fraction of sp³-hybridized carbons (Fsp3) is 0.286. The van der Waals surface area contributed by atoms with E-state index in [1.807, 2.05) is 26.0 Å². The Kier molecular flexibility index (Phi) is 7.19. The number of hydrogen-bond acceptors (Lipinski definition) is 6. The number of carboxylic acid groups (broad SMARTS) is 1. The van der Waals surface area contributed by atoms with Gasteiger partial charge in [0.05, 0.1) is 20.4 Å². The summed E-state index contributed by atoms with van der Waals surface area (Å²) in [5, 5.41) is 13.4. The number of carbonyl (C=O) groups is 2. The average molecular weight is 400 g/mol. The molecule has 8 heteroatoms. The Balaban J connectivity index is 2.13. The van der Waals surface area contributed by atoms with Crippen molar-refractivity contribution >= 4 is 18.1 Å². The van der Waals surface area contributed by atoms with Gasteiger partial charge in [-0.15, -0.1) is 0 Å². The molecule has 0 fully saturated rings. The molecule has 2 N–H and O–H groups in total. The Bertz CT molecular complexity index is 939. The number of benzene rings is 2. The van der Waals surface area contributed by atoms with Crippen molar-refractivity contribution in [2.24, 2.45) is 5.10 Å². The summed E-state index contributed by atoms with van der Waals surface area (Å²) >= 11 is 0. The molecule has 2 aromatic carbocycles. The summed E-state index contributed by atoms with van der Waals surface area (Å²) in [7, 11) is 2.76. The average Bonchev–Trinajstić information content (AvgIpc) is 2.70. The summed E-state index contributed by atoms with van der Waals surface area (Å²) in [6, 6.07) is 8.67. The summed E-state index contributed by atoms with van der Waals surface area (Å²) in [4.78, 5) is 23.9. The van der Waals surface area contributed by atoms with Gasteiger partial charge in [-0.3, -0.25) is 4.79 Å². The molecule has 0 radical (unpaired) electrons. The highest BCUT2D eigenvalue weighted by atomic mass is 16.5. The molecule has 0 heterocycles. The van der Waals surface area contributed by atoms with Crippen molar-refractivity contribution < 1.29 is 28.9 Å². The van der Waals surface area contributed by atoms with Crippen molar-refractivity contribution in [2.75, 3.05) is 14.2 Å². The summed E-state index contributed by atoms with van der Waals surface area (Å²) in [5.74, 6) is -0.715. The standard InChI is InChI=1S/C21H24N2O6/c1-12-7-6-8-16(13(12)2)29-14(3)20(24)23-22-11-15-9-10-17(27-4)19(28-5)18(15)21(25)26/h6-11,14H,1-5H3,(H,23,24)(H,25,26)/b22-11-/t14-/m0/s1. The molecule has 0 bridgehead atoms. The van der Waals surface area contributed by atoms with Gasteiger partial charge in [-0.2, -0.15) is 5.10 Å². The van der Waals surface area contributed by atoms with Gasteiger partial charge in [-0.25, -0.2) is 10.2 Å². The number of nitrogens with zero attached hydrogens (tertiary/aromatic N) is 1. The molecule has 154 valence electrons. The van der Waals surface area contributed by atoms with Crippen LogP contribution in [0.15, 0.2) is 35.4 Å². The Morgan fingerprint density at radius 1 is 1.10 bits per heavy atom. The highest BCUT2D eigenvalue weighted by Gasteiger charge is 2.20. The van der Waals surface area contributed by atoms with Gasteiger partial charge >= 0.3 is 5.97 Å². The van der Waals surface area contributed by atoms with Crippen LogP contribution in [0.3, 0.4) is 0 Å². The zero-order valence-corrected chi connectivity index (χ0v) is 17.0. The summed E-state index contributed by atoms with van der Waals surface area (Å²) < 4.78 is 16.0. The number of carboxylic acids is 1. The molecule has 0 unspecified atom stereocenters. The number of carbonyl (C=O) groups excluding carboxylic acids is 1. The van der Waals surface area contributed by atoms with Gasteiger partial charge in [0.15, 0.2) is 17.6 Å². The van der Waals surface area contributed by atoms with Crippen LogP contribution in [0.2, 0.25) is 0 Å². The molecule has 0 spiro atoms. The number of ether oxygens (including phenoxy) is 3. The van der Waals surface area contributed by atoms with Gasteiger partial charge in [0, 0.05) is 5.56 Å². The number of hydrazone groups is 1. The Hall–Kier alpha value is -3.55. The van der Waals surface area contributed by atoms with E-state index in [-0.39, 0.29) is 22.6 Å². The van der Waals surface area contributed by atoms with Gasteiger partial charge in [0.2, 0.25) is 0 Å². The van der Waals surface area contributed by atoms with E-state index in [1.54, 1.807) is 19.1 Å². The number of nitrogens with one attached hydrogen (secondary N) is 1. The van der Waals surface area contributed by atoms with Crippen LogP contribution in [0.5, 0.6) is 17.2 Å². The van der Waals surface area contributed by atoms with Crippen molar-refractivity contribution in [3.05, 3.63) is 52.6 Å². The van der Waals surface area contributed by atoms with Crippen molar-refractivity contribution in [2.45, 2.75) is 26.9 Å². The number of methoxy groups -OCH3 is 2. The third-order valence-electron chi connectivity index (χ3n) is 4.40. The van der Waals surface area contributed by atoms with Gasteiger partial charge in [-0.1, -0.05) is 12.1 Å². The maximum absolute atomic E-state index is 12.3. The van der Waals surface area contributed by atoms with Crippen molar-refractivity contribution in [1.29, 1.82) is 0 Å². The molecule has 8 nitrogen and oxygen atoms in total. The summed E-state index contributed by atoms with van der Waals surface area (Å²) in [5.41, 5.74) is 4.49. The van der Waals surface area contributed by atoms with Crippen molar-refractivity contribution in [3.63, 3.8) is 0 Å². The molecule has 1 atom stereocenters. The normalized spacial score (nSPS) is 11.8. The SMILES string of the molecule is COc1ccc(/C=N\NC(=O)[C@H](C)Oc2cccc(C)c2C)c(C(=O)O)c1OC. The van der Waals surface area contributed by atoms with Crippen LogP contribution in [0.25, 0.3) is 0 Å². The largest absolute Gasteiger partial charge is 0.493 e. The van der Waals surface area contributed by atoms with Crippen molar-refractivity contribution in [3.8, 4) is 17.2 Å². The molecule has 0 aliphatic rings. The highest BCUT2D eigenvalue weighted by molar-refractivity contribution is 6.02. The second-order valence-corrected chi connectivity index (χ2v) is 6.26. The zero-order valence-electron chi connectivity index (χ0n) is 17.0. The maximum Gasteiger partial charge on any atom is 0.340 e. The summed E-state index contributed by atoms with van der Waals surface area (Å²) in [6.45, 7) is 5.48. The van der Waals surface area contributed by atoms with E-state index in [2.05, 4.69) is 10.5 Å². The molecule has 2 rings (SSSR count). The first-order chi connectivity index (χ1) is 13.8. The van der Waals surface area contributed by atoms with Gasteiger partial charge in [0.1, 0.15) is 11.3 Å². The fourth-order valence-corrected chi connectivity index (χ4v) is 2.62. The molecule has 0 aromatic heterocycles. The quantitative estimate of drug-likeness (QED) is 0.521. The summed E-state index contributed by atoms with van der Waals surface area (Å²) in [6.07, 6.45) is 0.436. The van der Waals surface area contributed by atoms with E-state index in [9.17, 15) is 14.7 Å². The smallest absolute Gasteiger partial charge is 0.340 e. The number of aromatic carboxylic acids is 1. The molecule has 0 saturated heterocycles. The van der Waals surface area contributed by atoms with E-state index in [4.69, 9.17) is 14.2 Å². The number of rotatable bonds is 8. The fourth-order valence-electron chi connectivity index (χ4n) is 2.62. The molecular formula is C21H24N2O6.